The SMILES string of the molecule is CC(CNS(=O)(=O)c1ccc(S(=O)(=O)F)cc1)C(C)(C)C. The van der Waals surface area contributed by atoms with Crippen LogP contribution in [0.15, 0.2) is 34.1 Å². The third kappa shape index (κ3) is 5.05. The summed E-state index contributed by atoms with van der Waals surface area (Å²) in [4.78, 5) is -0.666. The number of halogens is 1. The smallest absolute Gasteiger partial charge is 0.211 e. The summed E-state index contributed by atoms with van der Waals surface area (Å²) in [5, 5.41) is 0. The van der Waals surface area contributed by atoms with Gasteiger partial charge in [-0.25, -0.2) is 13.1 Å². The van der Waals surface area contributed by atoms with Gasteiger partial charge in [0.15, 0.2) is 0 Å². The van der Waals surface area contributed by atoms with Gasteiger partial charge in [-0.15, -0.1) is 3.89 Å². The largest absolute Gasteiger partial charge is 0.332 e. The molecule has 0 aliphatic heterocycles. The van der Waals surface area contributed by atoms with Gasteiger partial charge in [-0.3, -0.25) is 0 Å². The lowest BCUT2D eigenvalue weighted by Crippen LogP contribution is -2.33. The molecular weight excluding hydrogens is 317 g/mol. The second kappa shape index (κ2) is 6.02. The van der Waals surface area contributed by atoms with E-state index in [9.17, 15) is 20.7 Å². The van der Waals surface area contributed by atoms with Crippen LogP contribution in [0.1, 0.15) is 27.7 Å². The van der Waals surface area contributed by atoms with E-state index >= 15 is 0 Å². The number of benzene rings is 1. The lowest BCUT2D eigenvalue weighted by molar-refractivity contribution is 0.263. The van der Waals surface area contributed by atoms with Gasteiger partial charge >= 0.3 is 10.2 Å². The first kappa shape index (κ1) is 18.1. The molecular formula is C13H20FNO4S2. The summed E-state index contributed by atoms with van der Waals surface area (Å²) in [5.41, 5.74) is -0.0469. The highest BCUT2D eigenvalue weighted by atomic mass is 32.3. The average molecular weight is 337 g/mol. The molecule has 1 rings (SSSR count). The Morgan fingerprint density at radius 1 is 1.05 bits per heavy atom. The maximum Gasteiger partial charge on any atom is 0.332 e. The molecule has 1 aromatic rings. The van der Waals surface area contributed by atoms with Crippen LogP contribution in [0.4, 0.5) is 3.89 Å². The lowest BCUT2D eigenvalue weighted by atomic mass is 9.82. The van der Waals surface area contributed by atoms with Gasteiger partial charge in [-0.05, 0) is 35.6 Å². The molecule has 0 saturated heterocycles. The Bertz CT molecular complexity index is 689. The van der Waals surface area contributed by atoms with Gasteiger partial charge in [0.1, 0.15) is 0 Å². The van der Waals surface area contributed by atoms with Crippen LogP contribution in [-0.4, -0.2) is 23.4 Å². The van der Waals surface area contributed by atoms with E-state index in [0.29, 0.717) is 0 Å². The van der Waals surface area contributed by atoms with Gasteiger partial charge in [-0.1, -0.05) is 27.7 Å². The average Bonchev–Trinajstić information content (AvgIpc) is 2.34. The number of hydrogen-bond donors (Lipinski definition) is 1. The van der Waals surface area contributed by atoms with Crippen LogP contribution in [0.3, 0.4) is 0 Å². The Morgan fingerprint density at radius 3 is 1.86 bits per heavy atom. The summed E-state index contributed by atoms with van der Waals surface area (Å²) in [6, 6.07) is 3.99. The summed E-state index contributed by atoms with van der Waals surface area (Å²) >= 11 is 0. The lowest BCUT2D eigenvalue weighted by Gasteiger charge is -2.27. The minimum Gasteiger partial charge on any atom is -0.211 e. The minimum atomic E-state index is -4.83. The Kier molecular flexibility index (Phi) is 5.18. The molecule has 0 aliphatic carbocycles. The van der Waals surface area contributed by atoms with Crippen LogP contribution in [0.5, 0.6) is 0 Å². The molecule has 1 atom stereocenters. The molecule has 0 aliphatic rings. The van der Waals surface area contributed by atoms with Gasteiger partial charge < -0.3 is 0 Å². The molecule has 0 saturated carbocycles. The quantitative estimate of drug-likeness (QED) is 0.836. The van der Waals surface area contributed by atoms with Crippen molar-refractivity contribution in [2.75, 3.05) is 6.54 Å². The molecule has 0 fully saturated rings. The second-order valence-corrected chi connectivity index (χ2v) is 9.14. The Morgan fingerprint density at radius 2 is 1.48 bits per heavy atom. The van der Waals surface area contributed by atoms with E-state index in [1.807, 2.05) is 27.7 Å². The van der Waals surface area contributed by atoms with Crippen LogP contribution in [-0.2, 0) is 20.2 Å². The summed E-state index contributed by atoms with van der Waals surface area (Å²) < 4.78 is 60.7. The fraction of sp³-hybridized carbons (Fsp3) is 0.538. The van der Waals surface area contributed by atoms with Crippen molar-refractivity contribution in [1.82, 2.24) is 4.72 Å². The third-order valence-corrected chi connectivity index (χ3v) is 5.75. The molecule has 1 unspecified atom stereocenters. The van der Waals surface area contributed by atoms with Gasteiger partial charge in [0, 0.05) is 6.54 Å². The van der Waals surface area contributed by atoms with Crippen molar-refractivity contribution in [3.63, 3.8) is 0 Å². The van der Waals surface area contributed by atoms with E-state index in [2.05, 4.69) is 4.72 Å². The molecule has 21 heavy (non-hydrogen) atoms. The van der Waals surface area contributed by atoms with Crippen LogP contribution < -0.4 is 4.72 Å². The monoisotopic (exact) mass is 337 g/mol. The Balaban J connectivity index is 2.89. The van der Waals surface area contributed by atoms with E-state index in [1.54, 1.807) is 0 Å². The van der Waals surface area contributed by atoms with E-state index < -0.39 is 25.1 Å². The van der Waals surface area contributed by atoms with Gasteiger partial charge in [0.2, 0.25) is 10.0 Å². The summed E-state index contributed by atoms with van der Waals surface area (Å²) in [6.45, 7) is 8.21. The zero-order valence-corrected chi connectivity index (χ0v) is 14.1. The van der Waals surface area contributed by atoms with E-state index in [-0.39, 0.29) is 22.8 Å². The molecule has 0 amide bonds. The standard InChI is InChI=1S/C13H20FNO4S2/c1-10(13(2,3)4)9-15-21(18,19)12-7-5-11(6-8-12)20(14,16)17/h5-8,10,15H,9H2,1-4H3. The van der Waals surface area contributed by atoms with Crippen molar-refractivity contribution in [2.24, 2.45) is 11.3 Å². The van der Waals surface area contributed by atoms with E-state index in [1.165, 1.54) is 0 Å². The molecule has 1 N–H and O–H groups in total. The van der Waals surface area contributed by atoms with E-state index in [0.717, 1.165) is 24.3 Å². The summed E-state index contributed by atoms with van der Waals surface area (Å²) in [7, 11) is -8.57. The first-order valence-electron chi connectivity index (χ1n) is 6.38. The van der Waals surface area contributed by atoms with E-state index in [4.69, 9.17) is 0 Å². The fourth-order valence-electron chi connectivity index (χ4n) is 1.41. The van der Waals surface area contributed by atoms with Crippen LogP contribution in [0.25, 0.3) is 0 Å². The first-order chi connectivity index (χ1) is 9.34. The Labute approximate surface area is 125 Å². The normalized spacial score (nSPS) is 14.9. The molecule has 1 aromatic carbocycles. The molecule has 0 spiro atoms. The maximum absolute atomic E-state index is 12.7. The second-order valence-electron chi connectivity index (χ2n) is 6.03. The summed E-state index contributed by atoms with van der Waals surface area (Å²) in [6.07, 6.45) is 0. The molecule has 0 aromatic heterocycles. The molecule has 0 radical (unpaired) electrons. The van der Waals surface area contributed by atoms with Crippen LogP contribution >= 0.6 is 0 Å². The molecule has 0 heterocycles. The molecule has 120 valence electrons. The van der Waals surface area contributed by atoms with Crippen molar-refractivity contribution in [3.8, 4) is 0 Å². The van der Waals surface area contributed by atoms with Crippen molar-refractivity contribution in [2.45, 2.75) is 37.5 Å². The van der Waals surface area contributed by atoms with Crippen LogP contribution in [0, 0.1) is 11.3 Å². The fourth-order valence-corrected chi connectivity index (χ4v) is 3.00. The maximum atomic E-state index is 12.7. The third-order valence-electron chi connectivity index (χ3n) is 3.47. The predicted molar refractivity (Wildman–Crippen MR) is 78.5 cm³/mol. The van der Waals surface area contributed by atoms with Gasteiger partial charge in [0.25, 0.3) is 0 Å². The zero-order valence-electron chi connectivity index (χ0n) is 12.4. The van der Waals surface area contributed by atoms with Crippen molar-refractivity contribution in [3.05, 3.63) is 24.3 Å². The van der Waals surface area contributed by atoms with Crippen molar-refractivity contribution >= 4 is 20.2 Å². The van der Waals surface area contributed by atoms with Gasteiger partial charge in [-0.2, -0.15) is 8.42 Å². The zero-order chi connectivity index (χ0) is 16.5. The predicted octanol–water partition coefficient (Wildman–Crippen LogP) is 2.31. The number of rotatable bonds is 5. The highest BCUT2D eigenvalue weighted by Crippen LogP contribution is 2.25. The van der Waals surface area contributed by atoms with Crippen molar-refractivity contribution < 1.29 is 20.7 Å². The molecule has 5 nitrogen and oxygen atoms in total. The van der Waals surface area contributed by atoms with Crippen LogP contribution in [0.2, 0.25) is 0 Å². The number of nitrogens with one attached hydrogen (secondary N) is 1. The number of hydrogen-bond acceptors (Lipinski definition) is 4. The molecule has 8 heteroatoms. The highest BCUT2D eigenvalue weighted by Gasteiger charge is 2.23. The molecule has 0 bridgehead atoms. The Hall–Kier alpha value is -0.990. The van der Waals surface area contributed by atoms with Crippen molar-refractivity contribution in [1.29, 1.82) is 0 Å². The topological polar surface area (TPSA) is 80.3 Å². The van der Waals surface area contributed by atoms with Gasteiger partial charge in [0.05, 0.1) is 9.79 Å². The summed E-state index contributed by atoms with van der Waals surface area (Å²) in [5.74, 6) is 0.109. The first-order valence-corrected chi connectivity index (χ1v) is 9.25. The minimum absolute atomic E-state index is 0.0469. The highest BCUT2D eigenvalue weighted by molar-refractivity contribution is 7.89. The number of sulfonamides is 1.